The average molecular weight is 238 g/mol. The van der Waals surface area contributed by atoms with Crippen molar-refractivity contribution in [2.24, 2.45) is 11.8 Å². The molecule has 3 rings (SSSR count). The second-order valence-electron chi connectivity index (χ2n) is 5.34. The molecule has 18 heavy (non-hydrogen) atoms. The number of carbonyl (C=O) groups excluding carboxylic acids is 1. The van der Waals surface area contributed by atoms with Gasteiger partial charge in [0.15, 0.2) is 0 Å². The maximum Gasteiger partial charge on any atom is 0.137 e. The average Bonchev–Trinajstić information content (AvgIpc) is 3.10. The van der Waals surface area contributed by atoms with E-state index in [1.165, 1.54) is 16.7 Å². The fourth-order valence-electron chi connectivity index (χ4n) is 3.19. The van der Waals surface area contributed by atoms with Gasteiger partial charge in [-0.3, -0.25) is 4.79 Å². The standard InChI is InChI=1S/C17H18O/c1-12(18)16-10-15(13-6-2-3-7-13)11-17(16)14-8-4-5-9-14/h2-6,8,10,16-17H,7,9,11H2,1H3. The van der Waals surface area contributed by atoms with E-state index in [4.69, 9.17) is 0 Å². The minimum Gasteiger partial charge on any atom is -0.299 e. The van der Waals surface area contributed by atoms with Crippen molar-refractivity contribution in [2.45, 2.75) is 26.2 Å². The van der Waals surface area contributed by atoms with Gasteiger partial charge in [0, 0.05) is 5.92 Å². The Balaban J connectivity index is 1.83. The molecule has 0 aromatic rings. The van der Waals surface area contributed by atoms with Crippen LogP contribution in [0.25, 0.3) is 0 Å². The van der Waals surface area contributed by atoms with Gasteiger partial charge in [-0.1, -0.05) is 48.1 Å². The predicted molar refractivity (Wildman–Crippen MR) is 74.0 cm³/mol. The summed E-state index contributed by atoms with van der Waals surface area (Å²) in [7, 11) is 0. The van der Waals surface area contributed by atoms with Crippen molar-refractivity contribution in [1.29, 1.82) is 0 Å². The molecule has 3 aliphatic rings. The third-order valence-corrected chi connectivity index (χ3v) is 4.18. The first-order valence-corrected chi connectivity index (χ1v) is 6.68. The van der Waals surface area contributed by atoms with Crippen molar-refractivity contribution in [3.63, 3.8) is 0 Å². The molecule has 0 aromatic carbocycles. The van der Waals surface area contributed by atoms with Crippen LogP contribution in [0, 0.1) is 11.8 Å². The topological polar surface area (TPSA) is 17.1 Å². The summed E-state index contributed by atoms with van der Waals surface area (Å²) in [6.45, 7) is 1.72. The van der Waals surface area contributed by atoms with Crippen LogP contribution in [0.15, 0.2) is 59.3 Å². The minimum absolute atomic E-state index is 0.0904. The maximum atomic E-state index is 11.8. The molecule has 0 saturated carbocycles. The molecule has 0 N–H and O–H groups in total. The Morgan fingerprint density at radius 3 is 2.50 bits per heavy atom. The Labute approximate surface area is 108 Å². The summed E-state index contributed by atoms with van der Waals surface area (Å²) in [4.78, 5) is 11.8. The molecule has 0 radical (unpaired) electrons. The molecular weight excluding hydrogens is 220 g/mol. The second kappa shape index (κ2) is 4.56. The molecule has 0 amide bonds. The van der Waals surface area contributed by atoms with E-state index in [-0.39, 0.29) is 5.92 Å². The fourth-order valence-corrected chi connectivity index (χ4v) is 3.19. The summed E-state index contributed by atoms with van der Waals surface area (Å²) in [6.07, 6.45) is 18.3. The number of hydrogen-bond donors (Lipinski definition) is 0. The molecule has 0 heterocycles. The number of Topliss-reactive ketones (excluding diaryl/α,β-unsaturated/α-hetero) is 1. The van der Waals surface area contributed by atoms with E-state index >= 15 is 0 Å². The zero-order chi connectivity index (χ0) is 12.5. The lowest BCUT2D eigenvalue weighted by molar-refractivity contribution is -0.120. The van der Waals surface area contributed by atoms with Crippen LogP contribution in [0.4, 0.5) is 0 Å². The van der Waals surface area contributed by atoms with Crippen LogP contribution in [-0.4, -0.2) is 5.78 Å². The number of ketones is 1. The van der Waals surface area contributed by atoms with Gasteiger partial charge in [-0.05, 0) is 43.3 Å². The maximum absolute atomic E-state index is 11.8. The zero-order valence-corrected chi connectivity index (χ0v) is 10.7. The molecule has 3 aliphatic carbocycles. The highest BCUT2D eigenvalue weighted by Gasteiger charge is 2.34. The lowest BCUT2D eigenvalue weighted by Crippen LogP contribution is -2.17. The van der Waals surface area contributed by atoms with Gasteiger partial charge in [0.05, 0.1) is 0 Å². The lowest BCUT2D eigenvalue weighted by Gasteiger charge is -2.18. The number of allylic oxidation sites excluding steroid dienone is 10. The van der Waals surface area contributed by atoms with Crippen molar-refractivity contribution >= 4 is 5.78 Å². The molecular formula is C17H18O. The molecule has 2 unspecified atom stereocenters. The summed E-state index contributed by atoms with van der Waals surface area (Å²) in [5.41, 5.74) is 4.21. The quantitative estimate of drug-likeness (QED) is 0.728. The molecule has 1 nitrogen and oxygen atoms in total. The molecule has 0 saturated heterocycles. The molecule has 0 aliphatic heterocycles. The van der Waals surface area contributed by atoms with Crippen LogP contribution in [0.2, 0.25) is 0 Å². The molecule has 0 aromatic heterocycles. The van der Waals surface area contributed by atoms with Gasteiger partial charge in [0.1, 0.15) is 5.78 Å². The van der Waals surface area contributed by atoms with Crippen LogP contribution >= 0.6 is 0 Å². The third-order valence-electron chi connectivity index (χ3n) is 4.18. The summed E-state index contributed by atoms with van der Waals surface area (Å²) in [6, 6.07) is 0. The fraction of sp³-hybridized carbons (Fsp3) is 0.353. The normalized spacial score (nSPS) is 29.5. The molecule has 0 spiro atoms. The van der Waals surface area contributed by atoms with Crippen molar-refractivity contribution < 1.29 is 4.79 Å². The van der Waals surface area contributed by atoms with E-state index in [2.05, 4.69) is 42.5 Å². The van der Waals surface area contributed by atoms with E-state index in [1.807, 2.05) is 0 Å². The van der Waals surface area contributed by atoms with Gasteiger partial charge in [-0.15, -0.1) is 0 Å². The molecule has 92 valence electrons. The molecule has 0 bridgehead atoms. The third kappa shape index (κ3) is 1.94. The first kappa shape index (κ1) is 11.5. The van der Waals surface area contributed by atoms with Gasteiger partial charge in [-0.2, -0.15) is 0 Å². The number of rotatable bonds is 3. The summed E-state index contributed by atoms with van der Waals surface area (Å²) >= 11 is 0. The monoisotopic (exact) mass is 238 g/mol. The Hall–Kier alpha value is -1.63. The first-order valence-electron chi connectivity index (χ1n) is 6.68. The largest absolute Gasteiger partial charge is 0.299 e. The van der Waals surface area contributed by atoms with Crippen LogP contribution in [0.5, 0.6) is 0 Å². The van der Waals surface area contributed by atoms with E-state index < -0.39 is 0 Å². The predicted octanol–water partition coefficient (Wildman–Crippen LogP) is 3.91. The number of carbonyl (C=O) groups is 1. The van der Waals surface area contributed by atoms with E-state index in [0.29, 0.717) is 11.7 Å². The lowest BCUT2D eigenvalue weighted by atomic mass is 9.84. The molecule has 0 fully saturated rings. The summed E-state index contributed by atoms with van der Waals surface area (Å²) < 4.78 is 0. The van der Waals surface area contributed by atoms with Crippen molar-refractivity contribution in [2.75, 3.05) is 0 Å². The second-order valence-corrected chi connectivity index (χ2v) is 5.34. The van der Waals surface area contributed by atoms with Gasteiger partial charge in [0.25, 0.3) is 0 Å². The van der Waals surface area contributed by atoms with Crippen LogP contribution < -0.4 is 0 Å². The SMILES string of the molecule is CC(=O)C1C=C(C2=CC=CC2)CC1C1=CC=CC1. The van der Waals surface area contributed by atoms with Crippen molar-refractivity contribution in [3.8, 4) is 0 Å². The van der Waals surface area contributed by atoms with Gasteiger partial charge < -0.3 is 0 Å². The first-order chi connectivity index (χ1) is 8.75. The van der Waals surface area contributed by atoms with E-state index in [1.54, 1.807) is 6.92 Å². The zero-order valence-electron chi connectivity index (χ0n) is 10.7. The Kier molecular flexibility index (Phi) is 2.91. The van der Waals surface area contributed by atoms with E-state index in [0.717, 1.165) is 19.3 Å². The Bertz CT molecular complexity index is 526. The number of hydrogen-bond acceptors (Lipinski definition) is 1. The molecule has 2 atom stereocenters. The smallest absolute Gasteiger partial charge is 0.137 e. The van der Waals surface area contributed by atoms with Gasteiger partial charge in [0.2, 0.25) is 0 Å². The van der Waals surface area contributed by atoms with Crippen molar-refractivity contribution in [1.82, 2.24) is 0 Å². The highest BCUT2D eigenvalue weighted by atomic mass is 16.1. The van der Waals surface area contributed by atoms with Gasteiger partial charge >= 0.3 is 0 Å². The minimum atomic E-state index is 0.0904. The van der Waals surface area contributed by atoms with Crippen LogP contribution in [0.3, 0.4) is 0 Å². The Morgan fingerprint density at radius 2 is 1.89 bits per heavy atom. The van der Waals surface area contributed by atoms with Crippen LogP contribution in [0.1, 0.15) is 26.2 Å². The summed E-state index contributed by atoms with van der Waals surface area (Å²) in [5, 5.41) is 0. The molecule has 1 heteroatoms. The van der Waals surface area contributed by atoms with Crippen LogP contribution in [-0.2, 0) is 4.79 Å². The summed E-state index contributed by atoms with van der Waals surface area (Å²) in [5.74, 6) is 0.788. The highest BCUT2D eigenvalue weighted by Crippen LogP contribution is 2.42. The highest BCUT2D eigenvalue weighted by molar-refractivity contribution is 5.82. The van der Waals surface area contributed by atoms with Gasteiger partial charge in [-0.25, -0.2) is 0 Å². The van der Waals surface area contributed by atoms with Crippen molar-refractivity contribution in [3.05, 3.63) is 59.3 Å². The van der Waals surface area contributed by atoms with E-state index in [9.17, 15) is 4.79 Å². The Morgan fingerprint density at radius 1 is 1.11 bits per heavy atom.